The van der Waals surface area contributed by atoms with Gasteiger partial charge < -0.3 is 15.1 Å². The molecule has 0 saturated heterocycles. The summed E-state index contributed by atoms with van der Waals surface area (Å²) in [6.45, 7) is -3.66. The molecule has 0 radical (unpaired) electrons. The van der Waals surface area contributed by atoms with Gasteiger partial charge in [0.05, 0.1) is 4.92 Å². The number of nitro groups is 1. The fraction of sp³-hybridized carbons (Fsp3) is 0. The van der Waals surface area contributed by atoms with E-state index < -0.39 is 11.7 Å². The van der Waals surface area contributed by atoms with Crippen LogP contribution in [0.3, 0.4) is 0 Å². The van der Waals surface area contributed by atoms with Gasteiger partial charge in [-0.3, -0.25) is 10.1 Å². The summed E-state index contributed by atoms with van der Waals surface area (Å²) in [6.07, 6.45) is 0. The van der Waals surface area contributed by atoms with E-state index in [9.17, 15) is 10.1 Å². The van der Waals surface area contributed by atoms with Gasteiger partial charge in [-0.1, -0.05) is 12.1 Å². The zero-order valence-electron chi connectivity index (χ0n) is 6.49. The molecule has 1 rings (SSSR count). The number of benzene rings is 1. The van der Waals surface area contributed by atoms with Gasteiger partial charge in [-0.2, -0.15) is 0 Å². The molecule has 3 N–H and O–H groups in total. The van der Waals surface area contributed by atoms with Crippen molar-refractivity contribution in [2.45, 2.75) is 0 Å². The summed E-state index contributed by atoms with van der Waals surface area (Å²) in [7, 11) is 0. The molecule has 0 fully saturated rings. The second-order valence-corrected chi connectivity index (χ2v) is 2.59. The first-order valence-electron chi connectivity index (χ1n) is 3.47. The molecule has 0 aromatic heterocycles. The van der Waals surface area contributed by atoms with Crippen molar-refractivity contribution in [1.82, 2.24) is 0 Å². The van der Waals surface area contributed by atoms with Crippen molar-refractivity contribution in [3.8, 4) is 0 Å². The monoisotopic (exact) mass is 184 g/mol. The van der Waals surface area contributed by atoms with Crippen LogP contribution in [0.25, 0.3) is 0 Å². The Balaban J connectivity index is 3.13. The summed E-state index contributed by atoms with van der Waals surface area (Å²) >= 11 is 0. The van der Waals surface area contributed by atoms with E-state index in [0.29, 0.717) is 0 Å². The highest BCUT2D eigenvalue weighted by Crippen LogP contribution is 2.08. The molecule has 0 unspecified atom stereocenters. The summed E-state index contributed by atoms with van der Waals surface area (Å²) in [5.41, 5.74) is -0.588. The van der Waals surface area contributed by atoms with E-state index in [-0.39, 0.29) is 11.2 Å². The van der Waals surface area contributed by atoms with E-state index in [0.717, 1.165) is 6.07 Å². The van der Waals surface area contributed by atoms with Gasteiger partial charge in [-0.05, 0) is 6.07 Å². The first-order valence-corrected chi connectivity index (χ1v) is 3.47. The number of hydrogen-bond acceptors (Lipinski definition) is 5. The van der Waals surface area contributed by atoms with Gasteiger partial charge in [0.25, 0.3) is 5.69 Å². The van der Waals surface area contributed by atoms with Crippen LogP contribution in [-0.4, -0.2) is 26.7 Å². The van der Waals surface area contributed by atoms with Gasteiger partial charge >= 0.3 is 6.75 Å². The second kappa shape index (κ2) is 3.13. The van der Waals surface area contributed by atoms with Crippen molar-refractivity contribution in [3.05, 3.63) is 34.4 Å². The average molecular weight is 184 g/mol. The zero-order chi connectivity index (χ0) is 10.1. The maximum atomic E-state index is 10.2. The minimum atomic E-state index is -3.66. The van der Waals surface area contributed by atoms with Crippen LogP contribution in [0.4, 0.5) is 5.69 Å². The normalized spacial score (nSPS) is 11.3. The molecule has 70 valence electrons. The molecule has 0 heterocycles. The van der Waals surface area contributed by atoms with Crippen LogP contribution in [0.2, 0.25) is 0 Å². The van der Waals surface area contributed by atoms with Crippen molar-refractivity contribution < 1.29 is 20.0 Å². The minimum Gasteiger partial charge on any atom is -0.556 e. The Hall–Kier alpha value is -1.44. The van der Waals surface area contributed by atoms with Crippen LogP contribution in [0, 0.1) is 10.1 Å². The molecule has 0 spiro atoms. The van der Waals surface area contributed by atoms with E-state index in [1.807, 2.05) is 0 Å². The Kier molecular flexibility index (Phi) is 2.33. The van der Waals surface area contributed by atoms with Crippen molar-refractivity contribution >= 4 is 17.9 Å². The number of hydrogen-bond donors (Lipinski definition) is 3. The summed E-state index contributed by atoms with van der Waals surface area (Å²) in [4.78, 5) is 9.56. The molecule has 0 amide bonds. The van der Waals surface area contributed by atoms with Gasteiger partial charge in [-0.15, -0.1) is 5.46 Å². The van der Waals surface area contributed by atoms with Crippen LogP contribution >= 0.6 is 0 Å². The summed E-state index contributed by atoms with van der Waals surface area (Å²) in [5.74, 6) is 0. The van der Waals surface area contributed by atoms with Crippen molar-refractivity contribution in [2.75, 3.05) is 0 Å². The average Bonchev–Trinajstić information content (AvgIpc) is 2.03. The van der Waals surface area contributed by atoms with E-state index >= 15 is 0 Å². The van der Waals surface area contributed by atoms with E-state index in [2.05, 4.69) is 0 Å². The fourth-order valence-corrected chi connectivity index (χ4v) is 0.879. The maximum Gasteiger partial charge on any atom is 0.402 e. The highest BCUT2D eigenvalue weighted by molar-refractivity contribution is 6.71. The lowest BCUT2D eigenvalue weighted by molar-refractivity contribution is -0.384. The minimum absolute atomic E-state index is 0.283. The molecule has 0 aliphatic carbocycles. The Bertz CT molecular complexity index is 334. The van der Waals surface area contributed by atoms with Gasteiger partial charge in [0.2, 0.25) is 0 Å². The molecular formula is C6H7BNO5-. The highest BCUT2D eigenvalue weighted by atomic mass is 16.6. The van der Waals surface area contributed by atoms with E-state index in [4.69, 9.17) is 15.1 Å². The quantitative estimate of drug-likeness (QED) is 0.301. The van der Waals surface area contributed by atoms with Crippen LogP contribution < -0.4 is 5.46 Å². The first-order chi connectivity index (χ1) is 5.91. The zero-order valence-corrected chi connectivity index (χ0v) is 6.49. The lowest BCUT2D eigenvalue weighted by Crippen LogP contribution is -2.48. The van der Waals surface area contributed by atoms with Crippen molar-refractivity contribution in [2.24, 2.45) is 0 Å². The van der Waals surface area contributed by atoms with Crippen LogP contribution in [-0.2, 0) is 0 Å². The van der Waals surface area contributed by atoms with Crippen molar-refractivity contribution in [3.63, 3.8) is 0 Å². The van der Waals surface area contributed by atoms with E-state index in [1.165, 1.54) is 18.2 Å². The van der Waals surface area contributed by atoms with E-state index in [1.54, 1.807) is 0 Å². The smallest absolute Gasteiger partial charge is 0.402 e. The predicted molar refractivity (Wildman–Crippen MR) is 45.1 cm³/mol. The Labute approximate surface area is 73.2 Å². The molecule has 7 heteroatoms. The van der Waals surface area contributed by atoms with Crippen LogP contribution in [0.5, 0.6) is 0 Å². The van der Waals surface area contributed by atoms with Gasteiger partial charge in [0.1, 0.15) is 0 Å². The molecule has 0 saturated carbocycles. The summed E-state index contributed by atoms with van der Waals surface area (Å²) < 4.78 is 0. The maximum absolute atomic E-state index is 10.2. The molecule has 1 aromatic carbocycles. The van der Waals surface area contributed by atoms with Crippen LogP contribution in [0.1, 0.15) is 0 Å². The summed E-state index contributed by atoms with van der Waals surface area (Å²) in [6, 6.07) is 4.53. The molecule has 1 aromatic rings. The standard InChI is InChI=1S/C6H7BNO5/c9-7(10,11)5-2-1-3-6(4-5)8(12)13/h1-4,9-11H/q-1. The second-order valence-electron chi connectivity index (χ2n) is 2.59. The number of nitro benzene ring substituents is 1. The molecule has 13 heavy (non-hydrogen) atoms. The van der Waals surface area contributed by atoms with Crippen LogP contribution in [0.15, 0.2) is 24.3 Å². The van der Waals surface area contributed by atoms with Gasteiger partial charge in [0.15, 0.2) is 0 Å². The predicted octanol–water partition coefficient (Wildman–Crippen LogP) is -1.28. The van der Waals surface area contributed by atoms with Crippen molar-refractivity contribution in [1.29, 1.82) is 0 Å². The SMILES string of the molecule is O=[N+]([O-])c1cccc([B-](O)(O)O)c1. The molecule has 0 aliphatic heterocycles. The first kappa shape index (κ1) is 9.65. The van der Waals surface area contributed by atoms with Gasteiger partial charge in [-0.25, -0.2) is 0 Å². The third-order valence-electron chi connectivity index (χ3n) is 1.53. The number of rotatable bonds is 2. The molecule has 6 nitrogen and oxygen atoms in total. The molecule has 0 bridgehead atoms. The Morgan fingerprint density at radius 2 is 1.92 bits per heavy atom. The molecule has 0 aliphatic rings. The highest BCUT2D eigenvalue weighted by Gasteiger charge is 2.19. The Morgan fingerprint density at radius 1 is 1.31 bits per heavy atom. The largest absolute Gasteiger partial charge is 0.556 e. The lowest BCUT2D eigenvalue weighted by atomic mass is 9.71. The topological polar surface area (TPSA) is 104 Å². The Morgan fingerprint density at radius 3 is 2.38 bits per heavy atom. The number of nitrogens with zero attached hydrogens (tertiary/aromatic N) is 1. The third kappa shape index (κ3) is 2.25. The third-order valence-corrected chi connectivity index (χ3v) is 1.53. The molecule has 0 atom stereocenters. The number of non-ortho nitro benzene ring substituents is 1. The summed E-state index contributed by atoms with van der Waals surface area (Å²) in [5, 5.41) is 36.5. The van der Waals surface area contributed by atoms with Gasteiger partial charge in [0, 0.05) is 6.07 Å². The fourth-order valence-electron chi connectivity index (χ4n) is 0.879. The molecular weight excluding hydrogens is 177 g/mol. The lowest BCUT2D eigenvalue weighted by Gasteiger charge is -2.20.